The molecule has 0 atom stereocenters. The summed E-state index contributed by atoms with van der Waals surface area (Å²) in [6.07, 6.45) is 0. The summed E-state index contributed by atoms with van der Waals surface area (Å²) in [4.78, 5) is 25.0. The molecule has 2 aromatic heterocycles. The lowest BCUT2D eigenvalue weighted by Crippen LogP contribution is -2.14. The number of esters is 2. The molecule has 178 valence electrons. The largest absolute Gasteiger partial charge is 0.462 e. The van der Waals surface area contributed by atoms with E-state index in [0.717, 1.165) is 11.4 Å². The molecule has 0 aromatic carbocycles. The molecule has 2 aromatic rings. The molecule has 0 saturated heterocycles. The summed E-state index contributed by atoms with van der Waals surface area (Å²) >= 11 is 13.2. The zero-order chi connectivity index (χ0) is 23.7. The molecule has 0 fully saturated rings. The summed E-state index contributed by atoms with van der Waals surface area (Å²) in [5, 5.41) is 0. The highest BCUT2D eigenvalue weighted by molar-refractivity contribution is 7.73. The van der Waals surface area contributed by atoms with Crippen LogP contribution in [0.5, 0.6) is 0 Å². The zero-order valence-corrected chi connectivity index (χ0v) is 21.9. The van der Waals surface area contributed by atoms with Gasteiger partial charge in [0.15, 0.2) is 7.91 Å². The maximum absolute atomic E-state index is 12.0. The standard InChI is InChI=1S/C20H28N2O6S4/c1-5-27-17(23)15-13(3)21(19(29)31-15)7-9-25-11-12-26-10-8-22-14(4)16(32-20(22)30)18(24)28-6-2/h5-12H2,1-4H3. The van der Waals surface area contributed by atoms with Gasteiger partial charge < -0.3 is 28.1 Å². The van der Waals surface area contributed by atoms with Crippen LogP contribution in [0.1, 0.15) is 44.6 Å². The Balaban J connectivity index is 1.71. The van der Waals surface area contributed by atoms with Crippen LogP contribution in [-0.2, 0) is 32.0 Å². The molecule has 0 unspecified atom stereocenters. The Morgan fingerprint density at radius 2 is 1.12 bits per heavy atom. The van der Waals surface area contributed by atoms with E-state index in [-0.39, 0.29) is 11.9 Å². The molecule has 0 aliphatic heterocycles. The fourth-order valence-corrected chi connectivity index (χ4v) is 5.66. The van der Waals surface area contributed by atoms with Crippen molar-refractivity contribution in [1.29, 1.82) is 0 Å². The van der Waals surface area contributed by atoms with Gasteiger partial charge in [0.2, 0.25) is 0 Å². The van der Waals surface area contributed by atoms with Crippen LogP contribution >= 0.6 is 47.1 Å². The molecular formula is C20H28N2O6S4. The summed E-state index contributed by atoms with van der Waals surface area (Å²) in [6.45, 7) is 10.8. The number of carbonyl (C=O) groups excluding carboxylic acids is 2. The molecule has 0 aliphatic carbocycles. The first-order valence-corrected chi connectivity index (χ1v) is 12.7. The van der Waals surface area contributed by atoms with Crippen LogP contribution < -0.4 is 0 Å². The number of nitrogens with zero attached hydrogens (tertiary/aromatic N) is 2. The van der Waals surface area contributed by atoms with Crippen LogP contribution in [0.3, 0.4) is 0 Å². The van der Waals surface area contributed by atoms with Crippen molar-refractivity contribution in [2.75, 3.05) is 39.6 Å². The normalized spacial score (nSPS) is 11.0. The Morgan fingerprint density at radius 3 is 1.47 bits per heavy atom. The van der Waals surface area contributed by atoms with E-state index in [0.29, 0.717) is 70.4 Å². The van der Waals surface area contributed by atoms with Gasteiger partial charge in [-0.15, -0.1) is 0 Å². The average molecular weight is 521 g/mol. The SMILES string of the molecule is CCOC(=O)c1sc(=S)n(CCOCCOCCn2c(C)c(C(=O)OCC)sc2=S)c1C. The smallest absolute Gasteiger partial charge is 0.350 e. The van der Waals surface area contributed by atoms with Gasteiger partial charge in [-0.3, -0.25) is 0 Å². The van der Waals surface area contributed by atoms with Gasteiger partial charge in [0.05, 0.1) is 39.6 Å². The molecule has 0 N–H and O–H groups in total. The van der Waals surface area contributed by atoms with Crippen molar-refractivity contribution in [3.63, 3.8) is 0 Å². The van der Waals surface area contributed by atoms with E-state index in [9.17, 15) is 9.59 Å². The summed E-state index contributed by atoms with van der Waals surface area (Å²) in [5.41, 5.74) is 1.59. The van der Waals surface area contributed by atoms with Gasteiger partial charge in [-0.25, -0.2) is 9.59 Å². The maximum Gasteiger partial charge on any atom is 0.350 e. The monoisotopic (exact) mass is 520 g/mol. The van der Waals surface area contributed by atoms with Crippen molar-refractivity contribution in [2.24, 2.45) is 0 Å². The molecule has 8 nitrogen and oxygen atoms in total. The third-order valence-corrected chi connectivity index (χ3v) is 7.56. The predicted octanol–water partition coefficient (Wildman–Crippen LogP) is 4.58. The van der Waals surface area contributed by atoms with E-state index in [1.54, 1.807) is 13.8 Å². The predicted molar refractivity (Wildman–Crippen MR) is 129 cm³/mol. The maximum atomic E-state index is 12.0. The second-order valence-corrected chi connectivity index (χ2v) is 9.82. The first-order valence-electron chi connectivity index (χ1n) is 10.2. The summed E-state index contributed by atoms with van der Waals surface area (Å²) in [7, 11) is 0. The average Bonchev–Trinajstić information content (AvgIpc) is 3.20. The van der Waals surface area contributed by atoms with E-state index in [1.807, 2.05) is 23.0 Å². The lowest BCUT2D eigenvalue weighted by molar-refractivity contribution is 0.0416. The highest BCUT2D eigenvalue weighted by Crippen LogP contribution is 2.21. The van der Waals surface area contributed by atoms with E-state index in [2.05, 4.69) is 0 Å². The third kappa shape index (κ3) is 7.03. The van der Waals surface area contributed by atoms with Crippen LogP contribution in [0.25, 0.3) is 0 Å². The van der Waals surface area contributed by atoms with Gasteiger partial charge in [-0.2, -0.15) is 0 Å². The summed E-state index contributed by atoms with van der Waals surface area (Å²) in [6, 6.07) is 0. The second kappa shape index (κ2) is 13.3. The van der Waals surface area contributed by atoms with E-state index in [4.69, 9.17) is 43.4 Å². The van der Waals surface area contributed by atoms with Crippen LogP contribution in [0.4, 0.5) is 0 Å². The van der Waals surface area contributed by atoms with Gasteiger partial charge in [-0.1, -0.05) is 22.7 Å². The van der Waals surface area contributed by atoms with E-state index < -0.39 is 0 Å². The van der Waals surface area contributed by atoms with E-state index >= 15 is 0 Å². The Hall–Kier alpha value is -1.44. The van der Waals surface area contributed by atoms with Crippen molar-refractivity contribution < 1.29 is 28.5 Å². The number of aromatic nitrogens is 2. The molecule has 2 rings (SSSR count). The number of thiazole rings is 2. The highest BCUT2D eigenvalue weighted by Gasteiger charge is 2.18. The number of hydrogen-bond donors (Lipinski definition) is 0. The van der Waals surface area contributed by atoms with Crippen molar-refractivity contribution in [3.8, 4) is 0 Å². The van der Waals surface area contributed by atoms with Gasteiger partial charge in [0, 0.05) is 24.5 Å². The molecule has 12 heteroatoms. The first kappa shape index (κ1) is 26.8. The third-order valence-electron chi connectivity index (χ3n) is 4.50. The van der Waals surface area contributed by atoms with Gasteiger partial charge in [0.25, 0.3) is 0 Å². The topological polar surface area (TPSA) is 80.9 Å². The minimum absolute atomic E-state index is 0.330. The van der Waals surface area contributed by atoms with Gasteiger partial charge in [0.1, 0.15) is 9.75 Å². The minimum atomic E-state index is -0.343. The number of hydrogen-bond acceptors (Lipinski definition) is 10. The van der Waals surface area contributed by atoms with Crippen molar-refractivity contribution in [2.45, 2.75) is 40.8 Å². The van der Waals surface area contributed by atoms with Gasteiger partial charge >= 0.3 is 11.9 Å². The molecular weight excluding hydrogens is 492 g/mol. The Kier molecular flexibility index (Phi) is 11.2. The van der Waals surface area contributed by atoms with E-state index in [1.165, 1.54) is 22.7 Å². The second-order valence-electron chi connectivity index (χ2n) is 6.53. The van der Waals surface area contributed by atoms with Crippen LogP contribution in [-0.4, -0.2) is 60.7 Å². The molecule has 0 spiro atoms. The molecule has 0 radical (unpaired) electrons. The number of ether oxygens (including phenoxy) is 4. The summed E-state index contributed by atoms with van der Waals surface area (Å²) < 4.78 is 26.4. The molecule has 32 heavy (non-hydrogen) atoms. The van der Waals surface area contributed by atoms with Crippen molar-refractivity contribution in [3.05, 3.63) is 29.1 Å². The number of carbonyl (C=O) groups is 2. The number of rotatable bonds is 13. The molecule has 0 saturated carbocycles. The Labute approximate surface area is 205 Å². The lowest BCUT2D eigenvalue weighted by Gasteiger charge is -2.09. The van der Waals surface area contributed by atoms with Crippen molar-refractivity contribution >= 4 is 59.0 Å². The van der Waals surface area contributed by atoms with Crippen LogP contribution in [0.15, 0.2) is 0 Å². The Morgan fingerprint density at radius 1 is 0.750 bits per heavy atom. The first-order chi connectivity index (χ1) is 15.3. The van der Waals surface area contributed by atoms with Gasteiger partial charge in [-0.05, 0) is 52.1 Å². The highest BCUT2D eigenvalue weighted by atomic mass is 32.2. The molecule has 0 bridgehead atoms. The fraction of sp³-hybridized carbons (Fsp3) is 0.600. The molecule has 0 amide bonds. The molecule has 2 heterocycles. The Bertz CT molecular complexity index is 954. The summed E-state index contributed by atoms with van der Waals surface area (Å²) in [5.74, 6) is -0.686. The van der Waals surface area contributed by atoms with Crippen molar-refractivity contribution in [1.82, 2.24) is 9.13 Å². The minimum Gasteiger partial charge on any atom is -0.462 e. The lowest BCUT2D eigenvalue weighted by atomic mass is 10.4. The fourth-order valence-electron chi connectivity index (χ4n) is 2.88. The molecule has 0 aliphatic rings. The van der Waals surface area contributed by atoms with Crippen LogP contribution in [0.2, 0.25) is 0 Å². The quantitative estimate of drug-likeness (QED) is 0.216. The van der Waals surface area contributed by atoms with Crippen LogP contribution in [0, 0.1) is 21.8 Å². The zero-order valence-electron chi connectivity index (χ0n) is 18.6.